The van der Waals surface area contributed by atoms with Gasteiger partial charge >= 0.3 is 12.1 Å². The number of benzene rings is 2. The zero-order valence-electron chi connectivity index (χ0n) is 12.6. The molecule has 7 heteroatoms. The molecule has 0 radical (unpaired) electrons. The van der Waals surface area contributed by atoms with Crippen LogP contribution < -0.4 is 4.90 Å². The third-order valence-corrected chi connectivity index (χ3v) is 3.79. The number of rotatable bonds is 3. The van der Waals surface area contributed by atoms with E-state index in [4.69, 9.17) is 0 Å². The topological polar surface area (TPSA) is 56.3 Å². The van der Waals surface area contributed by atoms with Gasteiger partial charge in [-0.25, -0.2) is 4.79 Å². The normalized spacial score (nSPS) is 11.7. The molecule has 0 aliphatic rings. The summed E-state index contributed by atoms with van der Waals surface area (Å²) in [6.45, 7) is 0. The van der Waals surface area contributed by atoms with E-state index < -0.39 is 17.7 Å². The van der Waals surface area contributed by atoms with E-state index in [-0.39, 0.29) is 11.2 Å². The van der Waals surface area contributed by atoms with Gasteiger partial charge in [-0.3, -0.25) is 0 Å². The van der Waals surface area contributed by atoms with E-state index in [0.717, 1.165) is 17.8 Å². The summed E-state index contributed by atoms with van der Waals surface area (Å²) in [4.78, 5) is 15.7. The Bertz CT molecular complexity index is 901. The van der Waals surface area contributed by atoms with Crippen molar-refractivity contribution in [1.29, 1.82) is 0 Å². The summed E-state index contributed by atoms with van der Waals surface area (Å²) in [6, 6.07) is 12.1. The maximum atomic E-state index is 12.9. The van der Waals surface area contributed by atoms with Crippen molar-refractivity contribution in [3.05, 3.63) is 59.8 Å². The second kappa shape index (κ2) is 5.59. The lowest BCUT2D eigenvalue weighted by molar-refractivity contribution is -0.137. The molecule has 0 aliphatic carbocycles. The van der Waals surface area contributed by atoms with Gasteiger partial charge in [-0.15, -0.1) is 0 Å². The molecule has 4 nitrogen and oxygen atoms in total. The van der Waals surface area contributed by atoms with Crippen molar-refractivity contribution in [2.45, 2.75) is 6.18 Å². The Morgan fingerprint density at radius 2 is 1.79 bits per heavy atom. The fraction of sp³-hybridized carbons (Fsp3) is 0.118. The first-order chi connectivity index (χ1) is 11.3. The van der Waals surface area contributed by atoms with Gasteiger partial charge in [0, 0.05) is 23.6 Å². The summed E-state index contributed by atoms with van der Waals surface area (Å²) in [6.07, 6.45) is -4.49. The number of carboxylic acids is 1. The minimum Gasteiger partial charge on any atom is -0.477 e. The summed E-state index contributed by atoms with van der Waals surface area (Å²) < 4.78 is 38.6. The Morgan fingerprint density at radius 3 is 2.38 bits per heavy atom. The number of aromatic carboxylic acids is 1. The number of para-hydroxylation sites is 1. The van der Waals surface area contributed by atoms with Crippen LogP contribution in [-0.2, 0) is 6.18 Å². The molecule has 2 aromatic carbocycles. The Morgan fingerprint density at radius 1 is 1.12 bits per heavy atom. The van der Waals surface area contributed by atoms with E-state index in [9.17, 15) is 23.1 Å². The molecular formula is C17H13F3N2O2. The van der Waals surface area contributed by atoms with Crippen LogP contribution in [-0.4, -0.2) is 23.1 Å². The number of nitrogens with one attached hydrogen (secondary N) is 1. The monoisotopic (exact) mass is 334 g/mol. The predicted octanol–water partition coefficient (Wildman–Crippen LogP) is 4.65. The number of carbonyl (C=O) groups is 1. The lowest BCUT2D eigenvalue weighted by atomic mass is 10.1. The Balaban J connectivity index is 2.22. The van der Waals surface area contributed by atoms with Crippen molar-refractivity contribution in [3.8, 4) is 0 Å². The molecule has 0 bridgehead atoms. The third-order valence-electron chi connectivity index (χ3n) is 3.79. The SMILES string of the molecule is CN(c1ccccc1)c1c(C(=O)O)[nH]c2cc(C(F)(F)F)ccc12. The number of hydrogen-bond donors (Lipinski definition) is 2. The summed E-state index contributed by atoms with van der Waals surface area (Å²) in [5.41, 5.74) is 0.177. The van der Waals surface area contributed by atoms with E-state index in [1.54, 1.807) is 36.2 Å². The van der Waals surface area contributed by atoms with Crippen molar-refractivity contribution < 1.29 is 23.1 Å². The molecule has 1 heterocycles. The molecule has 3 rings (SSSR count). The summed E-state index contributed by atoms with van der Waals surface area (Å²) in [5.74, 6) is -1.24. The van der Waals surface area contributed by atoms with E-state index in [1.807, 2.05) is 6.07 Å². The molecule has 0 saturated carbocycles. The van der Waals surface area contributed by atoms with Crippen molar-refractivity contribution in [3.63, 3.8) is 0 Å². The number of aromatic amines is 1. The van der Waals surface area contributed by atoms with Gasteiger partial charge in [0.05, 0.1) is 11.3 Å². The zero-order valence-corrected chi connectivity index (χ0v) is 12.6. The van der Waals surface area contributed by atoms with Crippen LogP contribution in [0.3, 0.4) is 0 Å². The molecule has 24 heavy (non-hydrogen) atoms. The lowest BCUT2D eigenvalue weighted by Gasteiger charge is -2.19. The van der Waals surface area contributed by atoms with Crippen LogP contribution in [0.5, 0.6) is 0 Å². The van der Waals surface area contributed by atoms with Crippen LogP contribution in [0.1, 0.15) is 16.1 Å². The van der Waals surface area contributed by atoms with E-state index >= 15 is 0 Å². The van der Waals surface area contributed by atoms with Crippen LogP contribution >= 0.6 is 0 Å². The van der Waals surface area contributed by atoms with Gasteiger partial charge in [0.25, 0.3) is 0 Å². The number of H-pyrrole nitrogens is 1. The molecule has 0 fully saturated rings. The van der Waals surface area contributed by atoms with Gasteiger partial charge < -0.3 is 15.0 Å². The Hall–Kier alpha value is -2.96. The van der Waals surface area contributed by atoms with Crippen LogP contribution in [0, 0.1) is 0 Å². The molecule has 0 spiro atoms. The van der Waals surface area contributed by atoms with Crippen LogP contribution in [0.25, 0.3) is 10.9 Å². The Kier molecular flexibility index (Phi) is 3.71. The fourth-order valence-electron chi connectivity index (χ4n) is 2.64. The predicted molar refractivity (Wildman–Crippen MR) is 84.8 cm³/mol. The number of carboxylic acid groups (broad SMARTS) is 1. The average molecular weight is 334 g/mol. The highest BCUT2D eigenvalue weighted by atomic mass is 19.4. The van der Waals surface area contributed by atoms with Crippen molar-refractivity contribution in [1.82, 2.24) is 4.98 Å². The highest BCUT2D eigenvalue weighted by Gasteiger charge is 2.31. The Labute approximate surface area is 135 Å². The third kappa shape index (κ3) is 2.68. The van der Waals surface area contributed by atoms with Crippen molar-refractivity contribution in [2.24, 2.45) is 0 Å². The summed E-state index contributed by atoms with van der Waals surface area (Å²) in [5, 5.41) is 9.82. The molecule has 0 atom stereocenters. The highest BCUT2D eigenvalue weighted by molar-refractivity contribution is 6.07. The van der Waals surface area contributed by atoms with E-state index in [1.165, 1.54) is 6.07 Å². The maximum absolute atomic E-state index is 12.9. The van der Waals surface area contributed by atoms with Gasteiger partial charge in [0.15, 0.2) is 0 Å². The van der Waals surface area contributed by atoms with E-state index in [0.29, 0.717) is 11.1 Å². The molecule has 0 saturated heterocycles. The smallest absolute Gasteiger partial charge is 0.416 e. The summed E-state index contributed by atoms with van der Waals surface area (Å²) >= 11 is 0. The summed E-state index contributed by atoms with van der Waals surface area (Å²) in [7, 11) is 1.67. The minimum absolute atomic E-state index is 0.125. The van der Waals surface area contributed by atoms with Crippen molar-refractivity contribution in [2.75, 3.05) is 11.9 Å². The minimum atomic E-state index is -4.49. The molecule has 0 unspecified atom stereocenters. The van der Waals surface area contributed by atoms with Crippen LogP contribution in [0.15, 0.2) is 48.5 Å². The number of nitrogens with zero attached hydrogens (tertiary/aromatic N) is 1. The number of alkyl halides is 3. The van der Waals surface area contributed by atoms with Crippen molar-refractivity contribution >= 4 is 28.2 Å². The second-order valence-corrected chi connectivity index (χ2v) is 5.31. The standard InChI is InChI=1S/C17H13F3N2O2/c1-22(11-5-3-2-4-6-11)15-12-8-7-10(17(18,19)20)9-13(12)21-14(15)16(23)24/h2-9,21H,1H3,(H,23,24). The molecule has 1 aromatic heterocycles. The first-order valence-corrected chi connectivity index (χ1v) is 7.04. The number of fused-ring (bicyclic) bond motifs is 1. The molecule has 2 N–H and O–H groups in total. The largest absolute Gasteiger partial charge is 0.477 e. The maximum Gasteiger partial charge on any atom is 0.416 e. The molecule has 3 aromatic rings. The van der Waals surface area contributed by atoms with Gasteiger partial charge in [-0.05, 0) is 24.3 Å². The van der Waals surface area contributed by atoms with Gasteiger partial charge in [0.1, 0.15) is 5.69 Å². The second-order valence-electron chi connectivity index (χ2n) is 5.31. The lowest BCUT2D eigenvalue weighted by Crippen LogP contribution is -2.13. The van der Waals surface area contributed by atoms with Gasteiger partial charge in [-0.2, -0.15) is 13.2 Å². The first-order valence-electron chi connectivity index (χ1n) is 7.04. The number of aromatic nitrogens is 1. The highest BCUT2D eigenvalue weighted by Crippen LogP contribution is 2.38. The number of anilines is 2. The molecule has 0 aliphatic heterocycles. The first kappa shape index (κ1) is 15.9. The number of hydrogen-bond acceptors (Lipinski definition) is 2. The molecular weight excluding hydrogens is 321 g/mol. The van der Waals surface area contributed by atoms with Crippen LogP contribution in [0.2, 0.25) is 0 Å². The fourth-order valence-corrected chi connectivity index (χ4v) is 2.64. The quantitative estimate of drug-likeness (QED) is 0.733. The molecule has 124 valence electrons. The van der Waals surface area contributed by atoms with Gasteiger partial charge in [0.2, 0.25) is 0 Å². The van der Waals surface area contributed by atoms with Gasteiger partial charge in [-0.1, -0.05) is 24.3 Å². The number of halogens is 3. The average Bonchev–Trinajstić information content (AvgIpc) is 2.93. The van der Waals surface area contributed by atoms with E-state index in [2.05, 4.69) is 4.98 Å². The zero-order chi connectivity index (χ0) is 17.5. The molecule has 0 amide bonds. The van der Waals surface area contributed by atoms with Crippen LogP contribution in [0.4, 0.5) is 24.5 Å².